The molecule has 4 rings (SSSR count). The van der Waals surface area contributed by atoms with E-state index in [-0.39, 0.29) is 11.6 Å². The maximum Gasteiger partial charge on any atom is 0.175 e. The Bertz CT molecular complexity index is 1280. The van der Waals surface area contributed by atoms with Crippen molar-refractivity contribution in [3.63, 3.8) is 0 Å². The van der Waals surface area contributed by atoms with Gasteiger partial charge >= 0.3 is 0 Å². The highest BCUT2D eigenvalue weighted by Crippen LogP contribution is 2.43. The van der Waals surface area contributed by atoms with E-state index in [0.717, 1.165) is 21.2 Å². The number of hydrogen-bond acceptors (Lipinski definition) is 4. The van der Waals surface area contributed by atoms with E-state index in [1.54, 1.807) is 45.9 Å². The summed E-state index contributed by atoms with van der Waals surface area (Å²) >= 11 is 10.8. The van der Waals surface area contributed by atoms with Crippen LogP contribution >= 0.6 is 46.0 Å². The largest absolute Gasteiger partial charge is 0.332 e. The second kappa shape index (κ2) is 12.7. The van der Waals surface area contributed by atoms with Gasteiger partial charge in [-0.15, -0.1) is 0 Å². The van der Waals surface area contributed by atoms with Crippen LogP contribution in [0.2, 0.25) is 0 Å². The molecule has 182 valence electrons. The van der Waals surface area contributed by atoms with Crippen LogP contribution in [0, 0.1) is 11.6 Å². The molecule has 36 heavy (non-hydrogen) atoms. The fraction of sp³-hybridized carbons (Fsp3) is 0. The number of halogens is 2. The molecule has 0 aromatic heterocycles. The molecule has 0 unspecified atom stereocenters. The maximum absolute atomic E-state index is 13.5. The van der Waals surface area contributed by atoms with Crippen molar-refractivity contribution in [3.8, 4) is 0 Å². The first-order valence-corrected chi connectivity index (χ1v) is 13.6. The van der Waals surface area contributed by atoms with Crippen LogP contribution in [0.3, 0.4) is 0 Å². The van der Waals surface area contributed by atoms with E-state index in [1.807, 2.05) is 48.5 Å². The molecule has 0 aliphatic carbocycles. The summed E-state index contributed by atoms with van der Waals surface area (Å²) in [4.78, 5) is 1.92. The van der Waals surface area contributed by atoms with Gasteiger partial charge in [0, 0.05) is 21.2 Å². The Morgan fingerprint density at radius 2 is 0.944 bits per heavy atom. The molecule has 0 amide bonds. The predicted octanol–water partition coefficient (Wildman–Crippen LogP) is 8.38. The molecular weight excluding hydrogens is 535 g/mol. The average Bonchev–Trinajstić information content (AvgIpc) is 2.84. The second-order valence-corrected chi connectivity index (χ2v) is 10.4. The molecule has 0 saturated heterocycles. The molecule has 4 N–H and O–H groups in total. The van der Waals surface area contributed by atoms with Crippen LogP contribution in [0.15, 0.2) is 107 Å². The normalized spacial score (nSPS) is 10.4. The summed E-state index contributed by atoms with van der Waals surface area (Å²) < 4.78 is 26.9. The average molecular weight is 555 g/mol. The van der Waals surface area contributed by atoms with E-state index in [9.17, 15) is 8.78 Å². The van der Waals surface area contributed by atoms with Crippen molar-refractivity contribution in [2.75, 3.05) is 21.3 Å². The number of thiocarbonyl (C=S) groups is 2. The standard InChI is InChI=1S/C26H20F2N4S4/c27-17-7-5-9-19(15-17)29-25(33)31-21-11-1-3-13-23(21)35-36-24-14-4-2-12-22(24)32-26(34)30-20-10-6-8-18(28)16-20/h1-16H,(H2,29,31,33)(H2,30,32,34). The third kappa shape index (κ3) is 7.66. The van der Waals surface area contributed by atoms with Crippen molar-refractivity contribution < 1.29 is 8.78 Å². The van der Waals surface area contributed by atoms with Crippen molar-refractivity contribution in [2.24, 2.45) is 0 Å². The van der Waals surface area contributed by atoms with E-state index in [0.29, 0.717) is 21.6 Å². The van der Waals surface area contributed by atoms with Gasteiger partial charge in [-0.2, -0.15) is 0 Å². The number of para-hydroxylation sites is 2. The lowest BCUT2D eigenvalue weighted by Gasteiger charge is -2.15. The Morgan fingerprint density at radius 3 is 1.36 bits per heavy atom. The molecule has 0 bridgehead atoms. The Kier molecular flexibility index (Phi) is 9.12. The number of benzene rings is 4. The molecule has 0 atom stereocenters. The molecule has 4 aromatic carbocycles. The summed E-state index contributed by atoms with van der Waals surface area (Å²) in [5, 5.41) is 13.1. The third-order valence-corrected chi connectivity index (χ3v) is 7.55. The number of hydrogen-bond donors (Lipinski definition) is 4. The van der Waals surface area contributed by atoms with Gasteiger partial charge in [0.2, 0.25) is 0 Å². The summed E-state index contributed by atoms with van der Waals surface area (Å²) in [6, 6.07) is 27.7. The highest BCUT2D eigenvalue weighted by molar-refractivity contribution is 8.76. The molecule has 0 aliphatic heterocycles. The van der Waals surface area contributed by atoms with Gasteiger partial charge in [0.05, 0.1) is 11.4 Å². The second-order valence-electron chi connectivity index (χ2n) is 7.34. The zero-order valence-electron chi connectivity index (χ0n) is 18.6. The summed E-state index contributed by atoms with van der Waals surface area (Å²) in [7, 11) is 3.10. The summed E-state index contributed by atoms with van der Waals surface area (Å²) in [6.07, 6.45) is 0. The van der Waals surface area contributed by atoms with Gasteiger partial charge < -0.3 is 21.3 Å². The first kappa shape index (κ1) is 25.9. The van der Waals surface area contributed by atoms with E-state index in [2.05, 4.69) is 21.3 Å². The van der Waals surface area contributed by atoms with Gasteiger partial charge in [-0.1, -0.05) is 58.0 Å². The van der Waals surface area contributed by atoms with Crippen LogP contribution in [-0.4, -0.2) is 10.2 Å². The molecule has 0 saturated carbocycles. The Hall–Kier alpha value is -3.18. The molecule has 4 nitrogen and oxygen atoms in total. The Labute approximate surface area is 226 Å². The first-order valence-electron chi connectivity index (χ1n) is 10.7. The van der Waals surface area contributed by atoms with Crippen molar-refractivity contribution in [3.05, 3.63) is 109 Å². The van der Waals surface area contributed by atoms with Crippen LogP contribution in [-0.2, 0) is 0 Å². The quantitative estimate of drug-likeness (QED) is 0.134. The van der Waals surface area contributed by atoms with Crippen LogP contribution in [0.1, 0.15) is 0 Å². The van der Waals surface area contributed by atoms with Gasteiger partial charge in [-0.05, 0) is 85.1 Å². The SMILES string of the molecule is Fc1cccc(NC(=S)Nc2ccccc2SSc2ccccc2NC(=S)Nc2cccc(F)c2)c1. The highest BCUT2D eigenvalue weighted by Gasteiger charge is 2.10. The van der Waals surface area contributed by atoms with Crippen molar-refractivity contribution >= 4 is 79.0 Å². The molecular formula is C26H20F2N4S4. The lowest BCUT2D eigenvalue weighted by molar-refractivity contribution is 0.628. The van der Waals surface area contributed by atoms with Gasteiger partial charge in [0.1, 0.15) is 11.6 Å². The molecule has 0 aliphatic rings. The fourth-order valence-corrected chi connectivity index (χ4v) is 5.81. The van der Waals surface area contributed by atoms with E-state index in [4.69, 9.17) is 24.4 Å². The molecule has 10 heteroatoms. The smallest absolute Gasteiger partial charge is 0.175 e. The van der Waals surface area contributed by atoms with E-state index < -0.39 is 0 Å². The minimum Gasteiger partial charge on any atom is -0.332 e. The Morgan fingerprint density at radius 1 is 0.528 bits per heavy atom. The lowest BCUT2D eigenvalue weighted by Crippen LogP contribution is -2.19. The first-order chi connectivity index (χ1) is 17.5. The van der Waals surface area contributed by atoms with Gasteiger partial charge in [0.25, 0.3) is 0 Å². The predicted molar refractivity (Wildman–Crippen MR) is 157 cm³/mol. The fourth-order valence-electron chi connectivity index (χ4n) is 3.08. The third-order valence-electron chi connectivity index (χ3n) is 4.66. The zero-order chi connectivity index (χ0) is 25.3. The molecule has 4 aromatic rings. The minimum absolute atomic E-state index is 0.340. The van der Waals surface area contributed by atoms with Crippen molar-refractivity contribution in [2.45, 2.75) is 9.79 Å². The minimum atomic E-state index is -0.340. The zero-order valence-corrected chi connectivity index (χ0v) is 21.9. The van der Waals surface area contributed by atoms with Gasteiger partial charge in [0.15, 0.2) is 10.2 Å². The summed E-state index contributed by atoms with van der Waals surface area (Å²) in [6.45, 7) is 0. The van der Waals surface area contributed by atoms with Gasteiger partial charge in [-0.25, -0.2) is 8.78 Å². The highest BCUT2D eigenvalue weighted by atomic mass is 33.1. The molecule has 0 radical (unpaired) electrons. The van der Waals surface area contributed by atoms with Gasteiger partial charge in [-0.3, -0.25) is 0 Å². The van der Waals surface area contributed by atoms with Crippen molar-refractivity contribution in [1.29, 1.82) is 0 Å². The van der Waals surface area contributed by atoms with Crippen LogP contribution in [0.4, 0.5) is 31.5 Å². The summed E-state index contributed by atoms with van der Waals surface area (Å²) in [5.74, 6) is -0.680. The van der Waals surface area contributed by atoms with Crippen LogP contribution in [0.5, 0.6) is 0 Å². The number of nitrogens with one attached hydrogen (secondary N) is 4. The van der Waals surface area contributed by atoms with Crippen LogP contribution in [0.25, 0.3) is 0 Å². The topological polar surface area (TPSA) is 48.1 Å². The Balaban J connectivity index is 1.39. The monoisotopic (exact) mass is 554 g/mol. The number of anilines is 4. The van der Waals surface area contributed by atoms with Crippen LogP contribution < -0.4 is 21.3 Å². The lowest BCUT2D eigenvalue weighted by atomic mass is 10.3. The molecule has 0 fully saturated rings. The number of rotatable bonds is 7. The summed E-state index contributed by atoms with van der Waals surface area (Å²) in [5.41, 5.74) is 2.76. The molecule has 0 heterocycles. The van der Waals surface area contributed by atoms with Crippen molar-refractivity contribution in [1.82, 2.24) is 0 Å². The maximum atomic E-state index is 13.5. The molecule has 0 spiro atoms. The van der Waals surface area contributed by atoms with E-state index in [1.165, 1.54) is 24.3 Å². The van der Waals surface area contributed by atoms with E-state index >= 15 is 0 Å².